The van der Waals surface area contributed by atoms with Gasteiger partial charge in [-0.2, -0.15) is 0 Å². The largest absolute Gasteiger partial charge is 0.461 e. The van der Waals surface area contributed by atoms with Crippen molar-refractivity contribution in [3.63, 3.8) is 0 Å². The van der Waals surface area contributed by atoms with Gasteiger partial charge in [-0.3, -0.25) is 0 Å². The van der Waals surface area contributed by atoms with Crippen LogP contribution in [-0.2, 0) is 13.2 Å². The third kappa shape index (κ3) is 2.06. The van der Waals surface area contributed by atoms with E-state index in [1.54, 1.807) is 12.1 Å². The Balaban J connectivity index is 2.11. The Morgan fingerprint density at radius 2 is 2.25 bits per heavy atom. The molecule has 0 aliphatic carbocycles. The number of nitrogens with zero attached hydrogens (tertiary/aromatic N) is 4. The van der Waals surface area contributed by atoms with E-state index >= 15 is 0 Å². The average Bonchev–Trinajstić information content (AvgIpc) is 2.87. The van der Waals surface area contributed by atoms with Gasteiger partial charge in [-0.05, 0) is 17.1 Å². The van der Waals surface area contributed by atoms with Crippen molar-refractivity contribution in [2.75, 3.05) is 0 Å². The molecule has 0 fully saturated rings. The lowest BCUT2D eigenvalue weighted by molar-refractivity contribution is -0.389. The topological polar surface area (TPSA) is 107 Å². The third-order valence-electron chi connectivity index (χ3n) is 1.88. The van der Waals surface area contributed by atoms with E-state index in [0.717, 1.165) is 11.0 Å². The van der Waals surface area contributed by atoms with Gasteiger partial charge in [0.2, 0.25) is 0 Å². The van der Waals surface area contributed by atoms with Crippen molar-refractivity contribution in [2.24, 2.45) is 0 Å². The van der Waals surface area contributed by atoms with E-state index in [2.05, 4.69) is 10.2 Å². The lowest BCUT2D eigenvalue weighted by Gasteiger charge is -1.91. The van der Waals surface area contributed by atoms with Crippen LogP contribution in [0.3, 0.4) is 0 Å². The first-order valence-electron chi connectivity index (χ1n) is 4.42. The van der Waals surface area contributed by atoms with Gasteiger partial charge in [0.05, 0.1) is 5.10 Å². The predicted octanol–water partition coefficient (Wildman–Crippen LogP) is 0.320. The first-order chi connectivity index (χ1) is 7.69. The van der Waals surface area contributed by atoms with E-state index in [0.29, 0.717) is 11.5 Å². The highest BCUT2D eigenvalue weighted by Gasteiger charge is 2.13. The average molecular weight is 224 g/mol. The Morgan fingerprint density at radius 1 is 1.50 bits per heavy atom. The standard InChI is InChI=1S/C8H8N4O4/c13-5-7-2-1-6(16-7)4-11-9-3-8(10-11)12(14)15/h1-3,13H,4-5H2. The zero-order valence-corrected chi connectivity index (χ0v) is 8.11. The van der Waals surface area contributed by atoms with E-state index < -0.39 is 4.92 Å². The van der Waals surface area contributed by atoms with Gasteiger partial charge >= 0.3 is 5.82 Å². The van der Waals surface area contributed by atoms with Gasteiger partial charge in [0, 0.05) is 0 Å². The van der Waals surface area contributed by atoms with Gasteiger partial charge in [0.15, 0.2) is 6.20 Å². The lowest BCUT2D eigenvalue weighted by atomic mass is 10.4. The molecule has 0 aromatic carbocycles. The van der Waals surface area contributed by atoms with Crippen LogP contribution in [0.15, 0.2) is 22.7 Å². The van der Waals surface area contributed by atoms with Crippen LogP contribution < -0.4 is 0 Å². The van der Waals surface area contributed by atoms with E-state index in [1.165, 1.54) is 0 Å². The van der Waals surface area contributed by atoms with Crippen molar-refractivity contribution in [1.82, 2.24) is 15.0 Å². The number of aliphatic hydroxyl groups is 1. The smallest absolute Gasteiger partial charge is 0.410 e. The van der Waals surface area contributed by atoms with Crippen LogP contribution in [0, 0.1) is 10.1 Å². The number of nitro groups is 1. The van der Waals surface area contributed by atoms with E-state index in [4.69, 9.17) is 9.52 Å². The fraction of sp³-hybridized carbons (Fsp3) is 0.250. The monoisotopic (exact) mass is 224 g/mol. The minimum absolute atomic E-state index is 0.188. The first kappa shape index (κ1) is 10.3. The molecule has 2 aromatic heterocycles. The Kier molecular flexibility index (Phi) is 2.64. The molecule has 0 bridgehead atoms. The highest BCUT2D eigenvalue weighted by molar-refractivity contribution is 5.10. The molecule has 1 N–H and O–H groups in total. The fourth-order valence-electron chi connectivity index (χ4n) is 1.18. The van der Waals surface area contributed by atoms with Crippen LogP contribution in [0.4, 0.5) is 5.82 Å². The second kappa shape index (κ2) is 4.11. The van der Waals surface area contributed by atoms with Crippen LogP contribution in [0.25, 0.3) is 0 Å². The van der Waals surface area contributed by atoms with Gasteiger partial charge in [0.1, 0.15) is 24.7 Å². The molecule has 0 atom stereocenters. The molecular formula is C8H8N4O4. The van der Waals surface area contributed by atoms with Crippen LogP contribution in [0.2, 0.25) is 0 Å². The summed E-state index contributed by atoms with van der Waals surface area (Å²) in [5, 5.41) is 26.5. The highest BCUT2D eigenvalue weighted by Crippen LogP contribution is 2.10. The molecule has 0 saturated heterocycles. The molecule has 2 rings (SSSR count). The Labute approximate surface area is 89.3 Å². The van der Waals surface area contributed by atoms with Gasteiger partial charge < -0.3 is 19.6 Å². The van der Waals surface area contributed by atoms with Crippen LogP contribution in [0.5, 0.6) is 0 Å². The van der Waals surface area contributed by atoms with Gasteiger partial charge in [-0.1, -0.05) is 4.80 Å². The lowest BCUT2D eigenvalue weighted by Crippen LogP contribution is -2.03. The zero-order valence-electron chi connectivity index (χ0n) is 8.11. The minimum Gasteiger partial charge on any atom is -0.461 e. The zero-order chi connectivity index (χ0) is 11.5. The number of hydrogen-bond donors (Lipinski definition) is 1. The van der Waals surface area contributed by atoms with Gasteiger partial charge in [-0.15, -0.1) is 5.10 Å². The summed E-state index contributed by atoms with van der Waals surface area (Å²) < 4.78 is 5.19. The quantitative estimate of drug-likeness (QED) is 0.591. The molecule has 2 aromatic rings. The summed E-state index contributed by atoms with van der Waals surface area (Å²) in [7, 11) is 0. The van der Waals surface area contributed by atoms with Gasteiger partial charge in [0.25, 0.3) is 0 Å². The molecule has 0 aliphatic heterocycles. The molecule has 0 radical (unpaired) electrons. The maximum Gasteiger partial charge on any atom is 0.410 e. The molecular weight excluding hydrogens is 216 g/mol. The number of hydrogen-bond acceptors (Lipinski definition) is 6. The number of furan rings is 1. The number of aliphatic hydroxyl groups excluding tert-OH is 1. The summed E-state index contributed by atoms with van der Waals surface area (Å²) in [6, 6.07) is 3.27. The molecule has 0 unspecified atom stereocenters. The molecule has 0 amide bonds. The maximum atomic E-state index is 10.4. The van der Waals surface area contributed by atoms with Crippen molar-refractivity contribution < 1.29 is 14.4 Å². The van der Waals surface area contributed by atoms with Crippen molar-refractivity contribution in [1.29, 1.82) is 0 Å². The predicted molar refractivity (Wildman–Crippen MR) is 50.4 cm³/mol. The minimum atomic E-state index is -0.620. The second-order valence-corrected chi connectivity index (χ2v) is 3.02. The highest BCUT2D eigenvalue weighted by atomic mass is 16.6. The van der Waals surface area contributed by atoms with Crippen LogP contribution in [-0.4, -0.2) is 25.0 Å². The summed E-state index contributed by atoms with van der Waals surface area (Å²) >= 11 is 0. The maximum absolute atomic E-state index is 10.4. The summed E-state index contributed by atoms with van der Waals surface area (Å²) in [5.74, 6) is 0.639. The first-order valence-corrected chi connectivity index (χ1v) is 4.42. The summed E-state index contributed by atoms with van der Waals surface area (Å²) in [5.41, 5.74) is 0. The van der Waals surface area contributed by atoms with E-state index in [-0.39, 0.29) is 19.0 Å². The Hall–Kier alpha value is -2.22. The molecule has 0 aliphatic rings. The van der Waals surface area contributed by atoms with E-state index in [1.807, 2.05) is 0 Å². The molecule has 84 valence electrons. The third-order valence-corrected chi connectivity index (χ3v) is 1.88. The number of rotatable bonds is 4. The summed E-state index contributed by atoms with van der Waals surface area (Å²) in [4.78, 5) is 10.9. The van der Waals surface area contributed by atoms with Gasteiger partial charge in [-0.25, -0.2) is 0 Å². The van der Waals surface area contributed by atoms with Crippen molar-refractivity contribution in [2.45, 2.75) is 13.2 Å². The Morgan fingerprint density at radius 3 is 2.81 bits per heavy atom. The fourth-order valence-corrected chi connectivity index (χ4v) is 1.18. The second-order valence-electron chi connectivity index (χ2n) is 3.02. The van der Waals surface area contributed by atoms with Crippen LogP contribution in [0.1, 0.15) is 11.5 Å². The SMILES string of the molecule is O=[N+]([O-])c1cnn(Cc2ccc(CO)o2)n1. The summed E-state index contributed by atoms with van der Waals surface area (Å²) in [6.07, 6.45) is 1.07. The molecule has 8 heteroatoms. The molecule has 16 heavy (non-hydrogen) atoms. The molecule has 0 spiro atoms. The normalized spacial score (nSPS) is 10.6. The van der Waals surface area contributed by atoms with Crippen molar-refractivity contribution in [3.05, 3.63) is 40.0 Å². The summed E-state index contributed by atoms with van der Waals surface area (Å²) in [6.45, 7) is 0.000519. The molecule has 2 heterocycles. The van der Waals surface area contributed by atoms with Crippen molar-refractivity contribution in [3.8, 4) is 0 Å². The molecule has 8 nitrogen and oxygen atoms in total. The van der Waals surface area contributed by atoms with Crippen LogP contribution >= 0.6 is 0 Å². The number of aromatic nitrogens is 3. The Bertz CT molecular complexity index is 504. The molecule has 0 saturated carbocycles. The van der Waals surface area contributed by atoms with E-state index in [9.17, 15) is 10.1 Å². The van der Waals surface area contributed by atoms with Crippen molar-refractivity contribution >= 4 is 5.82 Å².